The van der Waals surface area contributed by atoms with Crippen LogP contribution in [0.1, 0.15) is 16.7 Å². The molecular formula is C23H19ClN4O. The third-order valence-electron chi connectivity index (χ3n) is 4.46. The first-order valence-corrected chi connectivity index (χ1v) is 9.63. The molecule has 2 N–H and O–H groups in total. The van der Waals surface area contributed by atoms with E-state index in [1.54, 1.807) is 6.07 Å². The molecule has 5 nitrogen and oxygen atoms in total. The Morgan fingerprint density at radius 1 is 0.966 bits per heavy atom. The number of halogens is 1. The summed E-state index contributed by atoms with van der Waals surface area (Å²) in [5, 5.41) is 0.621. The molecule has 3 aromatic rings. The van der Waals surface area contributed by atoms with E-state index in [1.807, 2.05) is 72.8 Å². The maximum Gasteiger partial charge on any atom is 0.242 e. The molecule has 0 spiro atoms. The minimum Gasteiger partial charge on any atom is -0.284 e. The number of hydrogen-bond donors (Lipinski definition) is 2. The Bertz CT molecular complexity index is 1080. The van der Waals surface area contributed by atoms with Gasteiger partial charge in [-0.05, 0) is 23.8 Å². The Kier molecular flexibility index (Phi) is 5.68. The molecule has 0 aromatic heterocycles. The third kappa shape index (κ3) is 4.70. The quantitative estimate of drug-likeness (QED) is 0.648. The fourth-order valence-corrected chi connectivity index (χ4v) is 3.26. The lowest BCUT2D eigenvalue weighted by Crippen LogP contribution is -2.43. The van der Waals surface area contributed by atoms with Crippen LogP contribution in [0.3, 0.4) is 0 Å². The van der Waals surface area contributed by atoms with Crippen molar-refractivity contribution in [2.75, 3.05) is 6.54 Å². The van der Waals surface area contributed by atoms with Crippen molar-refractivity contribution in [1.82, 2.24) is 10.9 Å². The van der Waals surface area contributed by atoms with Gasteiger partial charge in [0.1, 0.15) is 5.84 Å². The number of amidine groups is 1. The molecule has 1 amide bonds. The largest absolute Gasteiger partial charge is 0.284 e. The molecule has 1 aliphatic rings. The number of nitrogens with one attached hydrogen (secondary N) is 2. The number of hydrogen-bond acceptors (Lipinski definition) is 4. The molecule has 0 saturated heterocycles. The average molecular weight is 403 g/mol. The van der Waals surface area contributed by atoms with Gasteiger partial charge < -0.3 is 0 Å². The molecule has 0 aliphatic carbocycles. The molecule has 0 radical (unpaired) electrons. The fraction of sp³-hybridized carbons (Fsp3) is 0.0870. The number of aliphatic imine (C=N–C) groups is 2. The molecule has 3 aromatic carbocycles. The van der Waals surface area contributed by atoms with Gasteiger partial charge in [0.05, 0.1) is 24.4 Å². The third-order valence-corrected chi connectivity index (χ3v) is 4.69. The number of benzene rings is 3. The maximum atomic E-state index is 12.2. The van der Waals surface area contributed by atoms with Crippen molar-refractivity contribution in [3.05, 3.63) is 101 Å². The van der Waals surface area contributed by atoms with Crippen LogP contribution >= 0.6 is 11.6 Å². The Morgan fingerprint density at radius 3 is 2.45 bits per heavy atom. The van der Waals surface area contributed by atoms with Gasteiger partial charge in [0.25, 0.3) is 0 Å². The summed E-state index contributed by atoms with van der Waals surface area (Å²) in [7, 11) is 0. The van der Waals surface area contributed by atoms with Crippen molar-refractivity contribution >= 4 is 34.7 Å². The number of carbonyl (C=O) groups excluding carboxylic acids is 1. The Morgan fingerprint density at radius 2 is 1.69 bits per heavy atom. The lowest BCUT2D eigenvalue weighted by Gasteiger charge is -2.09. The summed E-state index contributed by atoms with van der Waals surface area (Å²) in [6.45, 7) is 0.308. The van der Waals surface area contributed by atoms with Gasteiger partial charge in [0.15, 0.2) is 0 Å². The molecular weight excluding hydrogens is 384 g/mol. The van der Waals surface area contributed by atoms with Gasteiger partial charge in [0, 0.05) is 16.1 Å². The molecule has 1 heterocycles. The topological polar surface area (TPSA) is 65.8 Å². The van der Waals surface area contributed by atoms with Crippen LogP contribution in [0, 0.1) is 0 Å². The van der Waals surface area contributed by atoms with E-state index >= 15 is 0 Å². The number of nitrogens with zero attached hydrogens (tertiary/aromatic N) is 2. The first kappa shape index (κ1) is 18.9. The fourth-order valence-electron chi connectivity index (χ4n) is 3.09. The maximum absolute atomic E-state index is 12.2. The minimum absolute atomic E-state index is 0.147. The molecule has 0 saturated carbocycles. The standard InChI is InChI=1S/C23H19ClN4O/c24-18-11-12-20-19(14-18)23(17-9-5-2-6-10-17)25-15-21(26-20)27-28-22(29)13-16-7-3-1-4-8-16/h1-12,14H,13,15H2,(H,26,27)(H,28,29). The highest BCUT2D eigenvalue weighted by Gasteiger charge is 2.17. The zero-order valence-corrected chi connectivity index (χ0v) is 16.4. The summed E-state index contributed by atoms with van der Waals surface area (Å²) in [5.74, 6) is 0.410. The summed E-state index contributed by atoms with van der Waals surface area (Å²) >= 11 is 6.22. The van der Waals surface area contributed by atoms with Crippen LogP contribution in [-0.4, -0.2) is 24.0 Å². The van der Waals surface area contributed by atoms with Gasteiger partial charge in [-0.15, -0.1) is 0 Å². The second kappa shape index (κ2) is 8.71. The van der Waals surface area contributed by atoms with Crippen molar-refractivity contribution in [1.29, 1.82) is 0 Å². The number of fused-ring (bicyclic) bond motifs is 1. The molecule has 29 heavy (non-hydrogen) atoms. The van der Waals surface area contributed by atoms with Gasteiger partial charge >= 0.3 is 0 Å². The van der Waals surface area contributed by atoms with Crippen molar-refractivity contribution < 1.29 is 4.79 Å². The summed E-state index contributed by atoms with van der Waals surface area (Å²) in [6, 6.07) is 25.0. The van der Waals surface area contributed by atoms with Crippen LogP contribution in [0.25, 0.3) is 0 Å². The lowest BCUT2D eigenvalue weighted by molar-refractivity contribution is -0.121. The van der Waals surface area contributed by atoms with Crippen LogP contribution in [0.5, 0.6) is 0 Å². The van der Waals surface area contributed by atoms with E-state index < -0.39 is 0 Å². The first-order valence-electron chi connectivity index (χ1n) is 9.25. The van der Waals surface area contributed by atoms with Crippen LogP contribution in [0.4, 0.5) is 5.69 Å². The van der Waals surface area contributed by atoms with E-state index in [4.69, 9.17) is 16.6 Å². The molecule has 144 valence electrons. The first-order chi connectivity index (χ1) is 14.2. The summed E-state index contributed by atoms with van der Waals surface area (Å²) in [4.78, 5) is 21.6. The summed E-state index contributed by atoms with van der Waals surface area (Å²) in [5.41, 5.74) is 9.98. The number of amides is 1. The zero-order chi connectivity index (χ0) is 20.1. The second-order valence-electron chi connectivity index (χ2n) is 6.59. The van der Waals surface area contributed by atoms with Gasteiger partial charge in [-0.1, -0.05) is 72.3 Å². The highest BCUT2D eigenvalue weighted by molar-refractivity contribution is 6.31. The SMILES string of the molecule is O=C(Cc1ccccc1)NNC1=Nc2ccc(Cl)cc2C(c2ccccc2)=NC1. The van der Waals surface area contributed by atoms with Crippen molar-refractivity contribution in [3.8, 4) is 0 Å². The van der Waals surface area contributed by atoms with E-state index in [2.05, 4.69) is 15.8 Å². The zero-order valence-electron chi connectivity index (χ0n) is 15.6. The van der Waals surface area contributed by atoms with Crippen LogP contribution in [0.15, 0.2) is 88.8 Å². The lowest BCUT2D eigenvalue weighted by atomic mass is 10.0. The normalized spacial score (nSPS) is 12.9. The molecule has 0 atom stereocenters. The van der Waals surface area contributed by atoms with E-state index in [0.29, 0.717) is 17.4 Å². The van der Waals surface area contributed by atoms with Crippen LogP contribution < -0.4 is 10.9 Å². The Labute approximate surface area is 174 Å². The summed E-state index contributed by atoms with van der Waals surface area (Å²) < 4.78 is 0. The van der Waals surface area contributed by atoms with Crippen LogP contribution in [-0.2, 0) is 11.2 Å². The number of hydrazine groups is 1. The predicted octanol–water partition coefficient (Wildman–Crippen LogP) is 4.08. The van der Waals surface area contributed by atoms with E-state index in [-0.39, 0.29) is 12.3 Å². The van der Waals surface area contributed by atoms with Crippen molar-refractivity contribution in [3.63, 3.8) is 0 Å². The molecule has 6 heteroatoms. The average Bonchev–Trinajstić information content (AvgIpc) is 2.92. The summed E-state index contributed by atoms with van der Waals surface area (Å²) in [6.07, 6.45) is 0.284. The highest BCUT2D eigenvalue weighted by Crippen LogP contribution is 2.28. The molecule has 1 aliphatic heterocycles. The monoisotopic (exact) mass is 402 g/mol. The van der Waals surface area contributed by atoms with E-state index in [1.165, 1.54) is 0 Å². The second-order valence-corrected chi connectivity index (χ2v) is 7.02. The Hall–Kier alpha value is -3.44. The Balaban J connectivity index is 1.54. The van der Waals surface area contributed by atoms with Crippen molar-refractivity contribution in [2.45, 2.75) is 6.42 Å². The number of carbonyl (C=O) groups is 1. The van der Waals surface area contributed by atoms with Gasteiger partial charge in [-0.3, -0.25) is 20.6 Å². The molecule has 4 rings (SSSR count). The highest BCUT2D eigenvalue weighted by atomic mass is 35.5. The molecule has 0 unspecified atom stereocenters. The number of rotatable bonds is 3. The van der Waals surface area contributed by atoms with E-state index in [9.17, 15) is 4.79 Å². The van der Waals surface area contributed by atoms with Gasteiger partial charge in [-0.25, -0.2) is 4.99 Å². The predicted molar refractivity (Wildman–Crippen MR) is 117 cm³/mol. The van der Waals surface area contributed by atoms with E-state index in [0.717, 1.165) is 28.1 Å². The van der Waals surface area contributed by atoms with Crippen molar-refractivity contribution in [2.24, 2.45) is 9.98 Å². The van der Waals surface area contributed by atoms with Gasteiger partial charge in [0.2, 0.25) is 5.91 Å². The smallest absolute Gasteiger partial charge is 0.242 e. The molecule has 0 bridgehead atoms. The van der Waals surface area contributed by atoms with Crippen LogP contribution in [0.2, 0.25) is 5.02 Å². The van der Waals surface area contributed by atoms with Gasteiger partial charge in [-0.2, -0.15) is 0 Å². The minimum atomic E-state index is -0.147. The molecule has 0 fully saturated rings.